The molecular weight excluding hydrogens is 404 g/mol. The lowest BCUT2D eigenvalue weighted by Crippen LogP contribution is -2.19. The third-order valence-electron chi connectivity index (χ3n) is 5.21. The minimum atomic E-state index is -0.623. The van der Waals surface area contributed by atoms with Gasteiger partial charge in [-0.3, -0.25) is 0 Å². The number of rotatable bonds is 6. The number of H-pyrrole nitrogens is 2. The van der Waals surface area contributed by atoms with Crippen molar-refractivity contribution < 1.29 is 8.78 Å². The Morgan fingerprint density at radius 2 is 2.00 bits per heavy atom. The highest BCUT2D eigenvalue weighted by Gasteiger charge is 2.27. The van der Waals surface area contributed by atoms with E-state index < -0.39 is 11.6 Å². The molecule has 1 aliphatic heterocycles. The molecule has 3 N–H and O–H groups in total. The number of hydrogen-bond acceptors (Lipinski definition) is 7. The first-order valence-corrected chi connectivity index (χ1v) is 9.82. The second-order valence-electron chi connectivity index (χ2n) is 7.34. The summed E-state index contributed by atoms with van der Waals surface area (Å²) in [6, 6.07) is 5.11. The number of aromatic nitrogens is 7. The molecule has 1 unspecified atom stereocenters. The third-order valence-corrected chi connectivity index (χ3v) is 5.21. The number of benzene rings is 1. The summed E-state index contributed by atoms with van der Waals surface area (Å²) in [6.45, 7) is 1.91. The Morgan fingerprint density at radius 3 is 2.81 bits per heavy atom. The fraction of sp³-hybridized carbons (Fsp3) is 0.250. The van der Waals surface area contributed by atoms with Crippen LogP contribution in [-0.4, -0.2) is 48.4 Å². The van der Waals surface area contributed by atoms with E-state index in [1.165, 1.54) is 12.1 Å². The van der Waals surface area contributed by atoms with Crippen LogP contribution in [0.2, 0.25) is 0 Å². The van der Waals surface area contributed by atoms with Crippen LogP contribution in [0.1, 0.15) is 23.6 Å². The minimum Gasteiger partial charge on any atom is -0.356 e. The van der Waals surface area contributed by atoms with Gasteiger partial charge in [-0.2, -0.15) is 15.4 Å². The van der Waals surface area contributed by atoms with E-state index in [-0.39, 0.29) is 6.54 Å². The van der Waals surface area contributed by atoms with Crippen LogP contribution in [0.15, 0.2) is 42.9 Å². The standard InChI is InChI=1S/C20H19F2N9/c21-14-5-12(6-15(22)7-14)8-25-20-23-3-1-16(27-20)19-24-10-18(28-19)31-4-2-13(11-31)17-9-26-30-29-17/h1,3,5-7,9-10,13H,2,4,8,11H2,(H,24,28)(H,23,25,27)(H,26,29,30). The molecule has 0 spiro atoms. The maximum absolute atomic E-state index is 13.4. The van der Waals surface area contributed by atoms with Gasteiger partial charge in [0.05, 0.1) is 18.1 Å². The van der Waals surface area contributed by atoms with Crippen molar-refractivity contribution in [3.8, 4) is 11.5 Å². The Bertz CT molecular complexity index is 1150. The molecule has 158 valence electrons. The summed E-state index contributed by atoms with van der Waals surface area (Å²) in [7, 11) is 0. The van der Waals surface area contributed by atoms with Crippen molar-refractivity contribution >= 4 is 11.8 Å². The van der Waals surface area contributed by atoms with Crippen molar-refractivity contribution in [3.63, 3.8) is 0 Å². The van der Waals surface area contributed by atoms with E-state index in [9.17, 15) is 8.78 Å². The second-order valence-corrected chi connectivity index (χ2v) is 7.34. The Balaban J connectivity index is 1.26. The molecule has 1 saturated heterocycles. The van der Waals surface area contributed by atoms with Crippen LogP contribution in [0, 0.1) is 11.6 Å². The highest BCUT2D eigenvalue weighted by Crippen LogP contribution is 2.29. The molecule has 0 saturated carbocycles. The number of imidazole rings is 1. The molecule has 31 heavy (non-hydrogen) atoms. The quantitative estimate of drug-likeness (QED) is 0.437. The third kappa shape index (κ3) is 4.20. The molecule has 1 aliphatic rings. The van der Waals surface area contributed by atoms with E-state index in [1.807, 2.05) is 0 Å². The molecule has 0 aliphatic carbocycles. The summed E-state index contributed by atoms with van der Waals surface area (Å²) in [4.78, 5) is 18.6. The molecule has 4 aromatic rings. The van der Waals surface area contributed by atoms with E-state index in [1.54, 1.807) is 24.7 Å². The lowest BCUT2D eigenvalue weighted by molar-refractivity contribution is 0.580. The number of aromatic amines is 2. The van der Waals surface area contributed by atoms with E-state index in [0.717, 1.165) is 37.1 Å². The van der Waals surface area contributed by atoms with Crippen molar-refractivity contribution in [3.05, 3.63) is 65.7 Å². The fourth-order valence-corrected chi connectivity index (χ4v) is 3.70. The number of anilines is 2. The van der Waals surface area contributed by atoms with Crippen LogP contribution >= 0.6 is 0 Å². The Kier molecular flexibility index (Phi) is 4.98. The molecule has 11 heteroatoms. The Hall–Kier alpha value is -3.89. The van der Waals surface area contributed by atoms with E-state index in [4.69, 9.17) is 0 Å². The van der Waals surface area contributed by atoms with Crippen molar-refractivity contribution in [1.29, 1.82) is 0 Å². The summed E-state index contributed by atoms with van der Waals surface area (Å²) < 4.78 is 26.7. The maximum atomic E-state index is 13.4. The van der Waals surface area contributed by atoms with Crippen LogP contribution in [0.5, 0.6) is 0 Å². The SMILES string of the molecule is Fc1cc(F)cc(CNc2nccc(-c3ncc(N4CCC(c5cn[nH]n5)C4)[nH]3)n2)c1. The van der Waals surface area contributed by atoms with Crippen molar-refractivity contribution in [2.45, 2.75) is 18.9 Å². The van der Waals surface area contributed by atoms with Crippen LogP contribution in [0.3, 0.4) is 0 Å². The zero-order chi connectivity index (χ0) is 21.2. The first-order valence-electron chi connectivity index (χ1n) is 9.82. The van der Waals surface area contributed by atoms with Gasteiger partial charge in [0, 0.05) is 37.8 Å². The van der Waals surface area contributed by atoms with Gasteiger partial charge in [0.15, 0.2) is 5.82 Å². The summed E-state index contributed by atoms with van der Waals surface area (Å²) >= 11 is 0. The highest BCUT2D eigenvalue weighted by atomic mass is 19.1. The van der Waals surface area contributed by atoms with Gasteiger partial charge >= 0.3 is 0 Å². The zero-order valence-corrected chi connectivity index (χ0v) is 16.4. The summed E-state index contributed by atoms with van der Waals surface area (Å²) in [5.74, 6) is 0.941. The van der Waals surface area contributed by atoms with E-state index in [2.05, 4.69) is 45.6 Å². The maximum Gasteiger partial charge on any atom is 0.223 e. The van der Waals surface area contributed by atoms with Gasteiger partial charge in [-0.15, -0.1) is 0 Å². The second kappa shape index (κ2) is 8.09. The molecule has 0 bridgehead atoms. The summed E-state index contributed by atoms with van der Waals surface area (Å²) in [5.41, 5.74) is 2.04. The van der Waals surface area contributed by atoms with Gasteiger partial charge in [-0.1, -0.05) is 0 Å². The first-order chi connectivity index (χ1) is 15.1. The number of nitrogens with zero attached hydrogens (tertiary/aromatic N) is 6. The monoisotopic (exact) mass is 423 g/mol. The Labute approximate surface area is 176 Å². The molecule has 1 atom stereocenters. The molecule has 9 nitrogen and oxygen atoms in total. The lowest BCUT2D eigenvalue weighted by Gasteiger charge is -2.15. The molecule has 3 aromatic heterocycles. The predicted octanol–water partition coefficient (Wildman–Crippen LogP) is 2.87. The van der Waals surface area contributed by atoms with Crippen molar-refractivity contribution in [1.82, 2.24) is 35.3 Å². The topological polar surface area (TPSA) is 111 Å². The number of halogens is 2. The van der Waals surface area contributed by atoms with Gasteiger partial charge in [0.25, 0.3) is 0 Å². The van der Waals surface area contributed by atoms with Gasteiger partial charge in [0.2, 0.25) is 5.95 Å². The van der Waals surface area contributed by atoms with Crippen LogP contribution in [-0.2, 0) is 6.54 Å². The molecular formula is C20H19F2N9. The van der Waals surface area contributed by atoms with Gasteiger partial charge < -0.3 is 15.2 Å². The predicted molar refractivity (Wildman–Crippen MR) is 109 cm³/mol. The van der Waals surface area contributed by atoms with Crippen molar-refractivity contribution in [2.75, 3.05) is 23.3 Å². The molecule has 4 heterocycles. The summed E-state index contributed by atoms with van der Waals surface area (Å²) in [6.07, 6.45) is 6.14. The number of hydrogen-bond donors (Lipinski definition) is 3. The molecule has 1 fully saturated rings. The largest absolute Gasteiger partial charge is 0.356 e. The van der Waals surface area contributed by atoms with Crippen LogP contribution in [0.4, 0.5) is 20.5 Å². The lowest BCUT2D eigenvalue weighted by atomic mass is 10.1. The summed E-state index contributed by atoms with van der Waals surface area (Å²) in [5, 5.41) is 13.7. The normalized spacial score (nSPS) is 16.1. The molecule has 0 radical (unpaired) electrons. The van der Waals surface area contributed by atoms with E-state index >= 15 is 0 Å². The Morgan fingerprint density at radius 1 is 1.13 bits per heavy atom. The van der Waals surface area contributed by atoms with Crippen molar-refractivity contribution in [2.24, 2.45) is 0 Å². The van der Waals surface area contributed by atoms with E-state index in [0.29, 0.717) is 28.9 Å². The average molecular weight is 423 g/mol. The molecule has 0 amide bonds. The fourth-order valence-electron chi connectivity index (χ4n) is 3.70. The smallest absolute Gasteiger partial charge is 0.223 e. The van der Waals surface area contributed by atoms with Gasteiger partial charge in [0.1, 0.15) is 23.1 Å². The number of nitrogens with one attached hydrogen (secondary N) is 3. The first kappa shape index (κ1) is 19.1. The van der Waals surface area contributed by atoms with Gasteiger partial charge in [-0.05, 0) is 30.2 Å². The molecule has 5 rings (SSSR count). The molecule has 1 aromatic carbocycles. The van der Waals surface area contributed by atoms with Crippen LogP contribution < -0.4 is 10.2 Å². The van der Waals surface area contributed by atoms with Crippen LogP contribution in [0.25, 0.3) is 11.5 Å². The van der Waals surface area contributed by atoms with Gasteiger partial charge in [-0.25, -0.2) is 23.7 Å². The zero-order valence-electron chi connectivity index (χ0n) is 16.4. The highest BCUT2D eigenvalue weighted by molar-refractivity contribution is 5.55. The minimum absolute atomic E-state index is 0.193. The average Bonchev–Trinajstić information content (AvgIpc) is 3.53.